The van der Waals surface area contributed by atoms with Gasteiger partial charge < -0.3 is 14.5 Å². The molecule has 0 aliphatic carbocycles. The van der Waals surface area contributed by atoms with E-state index in [9.17, 15) is 9.18 Å². The molecule has 1 heterocycles. The largest absolute Gasteiger partial charge is 0.457 e. The summed E-state index contributed by atoms with van der Waals surface area (Å²) >= 11 is 0. The number of halogens is 1. The number of para-hydroxylation sites is 1. The fourth-order valence-electron chi connectivity index (χ4n) is 4.38. The van der Waals surface area contributed by atoms with Crippen molar-refractivity contribution in [3.8, 4) is 11.5 Å². The number of aromatic nitrogens is 1. The Kier molecular flexibility index (Phi) is 8.63. The molecule has 7 heteroatoms. The minimum atomic E-state index is -0.354. The Labute approximate surface area is 233 Å². The second kappa shape index (κ2) is 12.9. The van der Waals surface area contributed by atoms with Gasteiger partial charge in [-0.1, -0.05) is 72.8 Å². The molecule has 0 aliphatic heterocycles. The van der Waals surface area contributed by atoms with Gasteiger partial charge in [0.1, 0.15) is 23.6 Å². The topological polar surface area (TPSA) is 67.6 Å². The molecule has 1 atom stereocenters. The summed E-state index contributed by atoms with van der Waals surface area (Å²) in [4.78, 5) is 19.4. The lowest BCUT2D eigenvalue weighted by Crippen LogP contribution is -2.27. The summed E-state index contributed by atoms with van der Waals surface area (Å²) in [5, 5.41) is 2.80. The standard InChI is InChI=1S/C33H30FN3O3/c1-24(27-10-4-2-5-11-27)37(21-26-9-8-14-30(19-26)40-29-12-6-3-7-13-29)22-32-36-31(23-39-32)33(38)35-20-25-15-17-28(34)18-16-25/h2-19,23-24H,20-22H2,1H3,(H,35,38)/t24-/m1/s1. The van der Waals surface area contributed by atoms with Crippen LogP contribution in [0.25, 0.3) is 0 Å². The highest BCUT2D eigenvalue weighted by molar-refractivity contribution is 5.91. The lowest BCUT2D eigenvalue weighted by Gasteiger charge is -2.28. The second-order valence-electron chi connectivity index (χ2n) is 9.49. The number of oxazole rings is 1. The summed E-state index contributed by atoms with van der Waals surface area (Å²) in [5.41, 5.74) is 3.21. The van der Waals surface area contributed by atoms with E-state index in [4.69, 9.17) is 9.15 Å². The van der Waals surface area contributed by atoms with E-state index in [0.29, 0.717) is 19.0 Å². The molecule has 0 spiro atoms. The van der Waals surface area contributed by atoms with Gasteiger partial charge in [-0.2, -0.15) is 0 Å². The van der Waals surface area contributed by atoms with E-state index in [1.807, 2.05) is 66.7 Å². The van der Waals surface area contributed by atoms with Gasteiger partial charge in [0.05, 0.1) is 6.54 Å². The zero-order valence-corrected chi connectivity index (χ0v) is 22.2. The highest BCUT2D eigenvalue weighted by Gasteiger charge is 2.21. The molecule has 0 saturated heterocycles. The van der Waals surface area contributed by atoms with Crippen LogP contribution in [-0.2, 0) is 19.6 Å². The fraction of sp³-hybridized carbons (Fsp3) is 0.152. The first-order valence-corrected chi connectivity index (χ1v) is 13.1. The van der Waals surface area contributed by atoms with Gasteiger partial charge >= 0.3 is 0 Å². The van der Waals surface area contributed by atoms with Crippen molar-refractivity contribution in [2.45, 2.75) is 32.6 Å². The van der Waals surface area contributed by atoms with Gasteiger partial charge in [-0.15, -0.1) is 0 Å². The van der Waals surface area contributed by atoms with Crippen molar-refractivity contribution in [3.05, 3.63) is 150 Å². The van der Waals surface area contributed by atoms with Gasteiger partial charge in [0, 0.05) is 19.1 Å². The first-order chi connectivity index (χ1) is 19.5. The van der Waals surface area contributed by atoms with Crippen LogP contribution < -0.4 is 10.1 Å². The third-order valence-corrected chi connectivity index (χ3v) is 6.58. The number of benzene rings is 4. The van der Waals surface area contributed by atoms with Crippen LogP contribution in [0.15, 0.2) is 120 Å². The van der Waals surface area contributed by atoms with Crippen molar-refractivity contribution >= 4 is 5.91 Å². The van der Waals surface area contributed by atoms with Gasteiger partial charge in [0.25, 0.3) is 5.91 Å². The molecular weight excluding hydrogens is 505 g/mol. The number of nitrogens with one attached hydrogen (secondary N) is 1. The van der Waals surface area contributed by atoms with E-state index < -0.39 is 0 Å². The Hall–Kier alpha value is -4.75. The Morgan fingerprint density at radius 3 is 2.33 bits per heavy atom. The minimum absolute atomic E-state index is 0.0440. The zero-order chi connectivity index (χ0) is 27.7. The predicted octanol–water partition coefficient (Wildman–Crippen LogP) is 7.30. The number of amides is 1. The van der Waals surface area contributed by atoms with E-state index >= 15 is 0 Å². The van der Waals surface area contributed by atoms with Crippen molar-refractivity contribution in [1.29, 1.82) is 0 Å². The third-order valence-electron chi connectivity index (χ3n) is 6.58. The average molecular weight is 536 g/mol. The Bertz CT molecular complexity index is 1520. The van der Waals surface area contributed by atoms with Gasteiger partial charge in [-0.05, 0) is 60.0 Å². The van der Waals surface area contributed by atoms with Crippen LogP contribution in [0.3, 0.4) is 0 Å². The van der Waals surface area contributed by atoms with Gasteiger partial charge in [0.2, 0.25) is 5.89 Å². The van der Waals surface area contributed by atoms with Crippen LogP contribution in [-0.4, -0.2) is 15.8 Å². The summed E-state index contributed by atoms with van der Waals surface area (Å²) < 4.78 is 24.9. The summed E-state index contributed by atoms with van der Waals surface area (Å²) in [6, 6.07) is 33.9. The number of carbonyl (C=O) groups is 1. The van der Waals surface area contributed by atoms with Crippen molar-refractivity contribution in [2.24, 2.45) is 0 Å². The molecule has 1 N–H and O–H groups in total. The number of rotatable bonds is 11. The van der Waals surface area contributed by atoms with E-state index in [1.165, 1.54) is 18.4 Å². The number of hydrogen-bond acceptors (Lipinski definition) is 5. The molecule has 4 aromatic carbocycles. The lowest BCUT2D eigenvalue weighted by molar-refractivity contribution is 0.0945. The van der Waals surface area contributed by atoms with Crippen LogP contribution in [0.1, 0.15) is 46.0 Å². The normalized spacial score (nSPS) is 11.8. The molecule has 1 aromatic heterocycles. The summed E-state index contributed by atoms with van der Waals surface area (Å²) in [6.45, 7) is 3.40. The van der Waals surface area contributed by atoms with Crippen LogP contribution >= 0.6 is 0 Å². The summed E-state index contributed by atoms with van der Waals surface area (Å²) in [5.74, 6) is 1.30. The molecule has 5 rings (SSSR count). The van der Waals surface area contributed by atoms with Gasteiger partial charge in [-0.25, -0.2) is 9.37 Å². The van der Waals surface area contributed by atoms with Crippen molar-refractivity contribution in [1.82, 2.24) is 15.2 Å². The number of ether oxygens (including phenoxy) is 1. The minimum Gasteiger partial charge on any atom is -0.457 e. The highest BCUT2D eigenvalue weighted by Crippen LogP contribution is 2.27. The second-order valence-corrected chi connectivity index (χ2v) is 9.49. The maximum atomic E-state index is 13.1. The maximum absolute atomic E-state index is 13.1. The van der Waals surface area contributed by atoms with Crippen molar-refractivity contribution < 1.29 is 18.3 Å². The van der Waals surface area contributed by atoms with Gasteiger partial charge in [0.15, 0.2) is 5.69 Å². The summed E-state index contributed by atoms with van der Waals surface area (Å²) in [6.07, 6.45) is 1.37. The molecule has 0 fully saturated rings. The van der Waals surface area contributed by atoms with E-state index in [2.05, 4.69) is 40.3 Å². The fourth-order valence-corrected chi connectivity index (χ4v) is 4.38. The quantitative estimate of drug-likeness (QED) is 0.192. The third kappa shape index (κ3) is 7.21. The molecule has 0 unspecified atom stereocenters. The molecule has 1 amide bonds. The first-order valence-electron chi connectivity index (χ1n) is 13.1. The zero-order valence-electron chi connectivity index (χ0n) is 22.2. The molecule has 0 saturated carbocycles. The van der Waals surface area contributed by atoms with E-state index in [0.717, 1.165) is 28.2 Å². The molecule has 6 nitrogen and oxygen atoms in total. The number of carbonyl (C=O) groups excluding carboxylic acids is 1. The molecule has 0 aliphatic rings. The molecule has 40 heavy (non-hydrogen) atoms. The molecule has 0 bridgehead atoms. The SMILES string of the molecule is C[C@H](c1ccccc1)N(Cc1cccc(Oc2ccccc2)c1)Cc1nc(C(=O)NCc2ccc(F)cc2)co1. The average Bonchev–Trinajstić information content (AvgIpc) is 3.46. The Morgan fingerprint density at radius 1 is 0.875 bits per heavy atom. The predicted molar refractivity (Wildman–Crippen MR) is 151 cm³/mol. The van der Waals surface area contributed by atoms with Crippen LogP contribution in [0, 0.1) is 5.82 Å². The molecule has 0 radical (unpaired) electrons. The lowest BCUT2D eigenvalue weighted by atomic mass is 10.1. The monoisotopic (exact) mass is 535 g/mol. The van der Waals surface area contributed by atoms with E-state index in [-0.39, 0.29) is 30.0 Å². The van der Waals surface area contributed by atoms with Crippen molar-refractivity contribution in [2.75, 3.05) is 0 Å². The van der Waals surface area contributed by atoms with Crippen LogP contribution in [0.2, 0.25) is 0 Å². The molecule has 5 aromatic rings. The first kappa shape index (κ1) is 26.8. The maximum Gasteiger partial charge on any atom is 0.273 e. The molecule has 202 valence electrons. The van der Waals surface area contributed by atoms with E-state index in [1.54, 1.807) is 12.1 Å². The van der Waals surface area contributed by atoms with Crippen LogP contribution in [0.4, 0.5) is 4.39 Å². The highest BCUT2D eigenvalue weighted by atomic mass is 19.1. The number of hydrogen-bond donors (Lipinski definition) is 1. The number of nitrogens with zero attached hydrogens (tertiary/aromatic N) is 2. The Morgan fingerprint density at radius 2 is 1.57 bits per heavy atom. The molecular formula is C33H30FN3O3. The smallest absolute Gasteiger partial charge is 0.273 e. The van der Waals surface area contributed by atoms with Crippen molar-refractivity contribution in [3.63, 3.8) is 0 Å². The Balaban J connectivity index is 1.30. The van der Waals surface area contributed by atoms with Gasteiger partial charge in [-0.3, -0.25) is 9.69 Å². The summed E-state index contributed by atoms with van der Waals surface area (Å²) in [7, 11) is 0. The van der Waals surface area contributed by atoms with Crippen LogP contribution in [0.5, 0.6) is 11.5 Å².